The fourth-order valence-corrected chi connectivity index (χ4v) is 25.0. The van der Waals surface area contributed by atoms with Crippen molar-refractivity contribution in [2.75, 3.05) is 0 Å². The molecule has 0 spiro atoms. The Morgan fingerprint density at radius 3 is 0.809 bits per heavy atom. The van der Waals surface area contributed by atoms with Crippen molar-refractivity contribution in [3.8, 4) is 67.3 Å². The van der Waals surface area contributed by atoms with E-state index in [1.807, 2.05) is 0 Å². The molecule has 0 radical (unpaired) electrons. The van der Waals surface area contributed by atoms with Crippen LogP contribution in [-0.2, 0) is 39.0 Å². The molecule has 5 heteroatoms. The number of aromatic nitrogens is 5. The zero-order valence-electron chi connectivity index (χ0n) is 84.1. The molecule has 141 heavy (non-hydrogen) atoms. The first-order chi connectivity index (χ1) is 68.1. The van der Waals surface area contributed by atoms with Crippen LogP contribution in [0.25, 0.3) is 176 Å². The predicted octanol–water partition coefficient (Wildman–Crippen LogP) is 36.3. The van der Waals surface area contributed by atoms with Crippen molar-refractivity contribution in [2.24, 2.45) is 5.92 Å². The average Bonchev–Trinajstić information content (AvgIpc) is 1.52. The molecule has 18 aromatic carbocycles. The van der Waals surface area contributed by atoms with Crippen LogP contribution in [-0.4, -0.2) is 22.8 Å². The molecule has 2 aliphatic rings. The maximum atomic E-state index is 2.64. The summed E-state index contributed by atoms with van der Waals surface area (Å²) in [5.41, 5.74) is 42.5. The van der Waals surface area contributed by atoms with Gasteiger partial charge in [0.25, 0.3) is 0 Å². The zero-order valence-corrected chi connectivity index (χ0v) is 84.1. The van der Waals surface area contributed by atoms with Crippen LogP contribution < -0.4 is 0 Å². The van der Waals surface area contributed by atoms with Gasteiger partial charge < -0.3 is 22.8 Å². The molecule has 0 fully saturated rings. The molecule has 0 saturated heterocycles. The summed E-state index contributed by atoms with van der Waals surface area (Å²) in [5, 5.41) is 12.5. The second kappa shape index (κ2) is 32.3. The molecule has 0 bridgehead atoms. The van der Waals surface area contributed by atoms with Crippen LogP contribution in [0.5, 0.6) is 0 Å². The third-order valence-electron chi connectivity index (χ3n) is 32.5. The van der Waals surface area contributed by atoms with Crippen LogP contribution in [0.2, 0.25) is 0 Å². The van der Waals surface area contributed by atoms with E-state index in [0.29, 0.717) is 5.92 Å². The van der Waals surface area contributed by atoms with Crippen molar-refractivity contribution < 1.29 is 0 Å². The van der Waals surface area contributed by atoms with E-state index in [4.69, 9.17) is 0 Å². The summed E-state index contributed by atoms with van der Waals surface area (Å²) in [6.07, 6.45) is 4.87. The van der Waals surface area contributed by atoms with Gasteiger partial charge in [0.2, 0.25) is 0 Å². The first kappa shape index (κ1) is 87.5. The molecule has 5 aromatic heterocycles. The topological polar surface area (TPSA) is 24.6 Å². The molecule has 690 valence electrons. The molecule has 1 atom stereocenters. The highest BCUT2D eigenvalue weighted by Gasteiger charge is 2.49. The summed E-state index contributed by atoms with van der Waals surface area (Å²) in [4.78, 5) is 0. The van der Waals surface area contributed by atoms with Gasteiger partial charge in [-0.2, -0.15) is 0 Å². The fourth-order valence-electron chi connectivity index (χ4n) is 25.0. The fraction of sp³-hybridized carbons (Fsp3) is 0.206. The van der Waals surface area contributed by atoms with Gasteiger partial charge in [-0.15, -0.1) is 0 Å². The van der Waals surface area contributed by atoms with Crippen molar-refractivity contribution in [3.05, 3.63) is 454 Å². The highest BCUT2D eigenvalue weighted by atomic mass is 15.0. The third-order valence-corrected chi connectivity index (χ3v) is 32.5. The van der Waals surface area contributed by atoms with Gasteiger partial charge in [-0.3, -0.25) is 0 Å². The lowest BCUT2D eigenvalue weighted by molar-refractivity contribution is 0.401. The Morgan fingerprint density at radius 2 is 0.482 bits per heavy atom. The van der Waals surface area contributed by atoms with E-state index in [0.717, 1.165) is 57.9 Å². The van der Waals surface area contributed by atoms with E-state index in [9.17, 15) is 0 Å². The average molecular weight is 1830 g/mol. The summed E-state index contributed by atoms with van der Waals surface area (Å²) >= 11 is 0. The number of fused-ring (bicyclic) bond motifs is 21. The van der Waals surface area contributed by atoms with Gasteiger partial charge >= 0.3 is 0 Å². The maximum absolute atomic E-state index is 2.64. The Kier molecular flexibility index (Phi) is 20.0. The van der Waals surface area contributed by atoms with Crippen molar-refractivity contribution in [3.63, 3.8) is 0 Å². The van der Waals surface area contributed by atoms with E-state index >= 15 is 0 Å². The zero-order chi connectivity index (χ0) is 96.4. The van der Waals surface area contributed by atoms with Crippen LogP contribution in [0.1, 0.15) is 201 Å². The molecule has 0 N–H and O–H groups in total. The minimum absolute atomic E-state index is 0.00365. The summed E-state index contributed by atoms with van der Waals surface area (Å²) in [7, 11) is 0. The normalized spacial score (nSPS) is 13.9. The lowest BCUT2D eigenvalue weighted by Crippen LogP contribution is -2.28. The van der Waals surface area contributed by atoms with Gasteiger partial charge in [-0.1, -0.05) is 334 Å². The molecule has 2 aliphatic carbocycles. The molecule has 1 unspecified atom stereocenters. The third kappa shape index (κ3) is 13.6. The molecule has 0 saturated carbocycles. The Balaban J connectivity index is 0.710. The van der Waals surface area contributed by atoms with Gasteiger partial charge in [0.1, 0.15) is 0 Å². The van der Waals surface area contributed by atoms with Crippen molar-refractivity contribution >= 4 is 109 Å². The molecule has 23 aromatic rings. The lowest BCUT2D eigenvalue weighted by Gasteiger charge is -2.34. The number of hydrogen-bond donors (Lipinski definition) is 0. The number of aryl methyl sites for hydroxylation is 2. The predicted molar refractivity (Wildman–Crippen MR) is 600 cm³/mol. The van der Waals surface area contributed by atoms with Gasteiger partial charge in [-0.25, -0.2) is 0 Å². The van der Waals surface area contributed by atoms with Crippen molar-refractivity contribution in [1.82, 2.24) is 22.8 Å². The first-order valence-corrected chi connectivity index (χ1v) is 51.3. The Hall–Kier alpha value is -15.0. The van der Waals surface area contributed by atoms with Crippen LogP contribution in [0.15, 0.2) is 376 Å². The number of benzene rings is 18. The summed E-state index contributed by atoms with van der Waals surface area (Å²) < 4.78 is 12.7. The molecular formula is C136H121N5. The SMILES string of the molecule is CCCCC(CC)Cn1c2ccc(C)cc2c2cc(-c3ccc4c(c3)c3cc(C5(c6ccc7c(c6)c6cc(C8(c9ccc%10c(c9)c9cc(C)ccc9n%10-c9ccc(C(C)(C)C)cc9)c9ccccc9-c9ccccc98)ccc6n7-c6ccc(-c7ccc(-n8c9ccc(C(C)(C)C)cc9c9cc(C(C)(C)C)ccc98)cc7)cc6)c6ccccc6-c6ccccc65)ccc3n4-c3ccc(C(C)(C)C)cc3)ccc21. The highest BCUT2D eigenvalue weighted by molar-refractivity contribution is 6.16. The second-order valence-corrected chi connectivity index (χ2v) is 45.1. The quantitative estimate of drug-likeness (QED) is 0.0921. The Labute approximate surface area is 828 Å². The number of nitrogens with zero attached hydrogens (tertiary/aromatic N) is 5. The van der Waals surface area contributed by atoms with Crippen LogP contribution in [0, 0.1) is 19.8 Å². The number of hydrogen-bond acceptors (Lipinski definition) is 0. The molecule has 0 amide bonds. The lowest BCUT2D eigenvalue weighted by atomic mass is 9.67. The summed E-state index contributed by atoms with van der Waals surface area (Å²) in [6.45, 7) is 38.0. The minimum Gasteiger partial charge on any atom is -0.340 e. The summed E-state index contributed by atoms with van der Waals surface area (Å²) in [5.74, 6) is 0.608. The van der Waals surface area contributed by atoms with Gasteiger partial charge in [0.05, 0.1) is 55.0 Å². The van der Waals surface area contributed by atoms with Gasteiger partial charge in [0.15, 0.2) is 0 Å². The van der Waals surface area contributed by atoms with E-state index in [1.165, 1.54) is 229 Å². The van der Waals surface area contributed by atoms with E-state index in [1.54, 1.807) is 0 Å². The molecule has 0 aliphatic heterocycles. The maximum Gasteiger partial charge on any atom is 0.0714 e. The highest BCUT2D eigenvalue weighted by Crippen LogP contribution is 2.61. The second-order valence-electron chi connectivity index (χ2n) is 45.1. The number of unbranched alkanes of at least 4 members (excludes halogenated alkanes) is 1. The van der Waals surface area contributed by atoms with Gasteiger partial charge in [-0.05, 0) is 329 Å². The van der Waals surface area contributed by atoms with Crippen molar-refractivity contribution in [2.45, 2.75) is 175 Å². The monoisotopic (exact) mass is 1820 g/mol. The molecule has 25 rings (SSSR count). The van der Waals surface area contributed by atoms with Crippen molar-refractivity contribution in [1.29, 1.82) is 0 Å². The van der Waals surface area contributed by atoms with Gasteiger partial charge in [0, 0.05) is 94.2 Å². The van der Waals surface area contributed by atoms with Crippen LogP contribution >= 0.6 is 0 Å². The van der Waals surface area contributed by atoms with E-state index in [-0.39, 0.29) is 21.7 Å². The van der Waals surface area contributed by atoms with Crippen LogP contribution in [0.3, 0.4) is 0 Å². The molecular weight excluding hydrogens is 1700 g/mol. The molecule has 5 heterocycles. The minimum atomic E-state index is -0.816. The standard InChI is InChI=1S/C136H121N5/c1-17-19-28-86(18-2)83-137-121-63-37-84(3)73-107(121)109-75-89(43-65-122(109)137)90-44-66-124-110(76-90)114-80-96(52-70-128(114)141(124)102-61-47-92(48-62-102)132(8,9)10)136(119-35-26-22-31-105(119)106-32-23-27-36-120(106)136)98-54-72-130-116(82-98)115-81-97(53-71-129(115)139(130)100-57-41-88(42-58-100)87-39-55-99(56-40-87)138-125-67-49-93(133(11,12)13)77-111(125)112-78-94(134(14,15)16)50-68-126(112)138)135(117-33-24-20-29-103(117)104-30-21-25-34-118(104)135)95-51-69-127-113(79-95)108-74-85(4)38-64-123(108)140(127)101-59-45-91(46-60-101)131(5,6)7/h20-27,29-82,86H,17-19,28,83H2,1-16H3. The summed E-state index contributed by atoms with van der Waals surface area (Å²) in [6, 6.07) is 148. The molecule has 5 nitrogen and oxygen atoms in total. The Morgan fingerprint density at radius 1 is 0.234 bits per heavy atom. The van der Waals surface area contributed by atoms with E-state index in [2.05, 4.69) is 510 Å². The largest absolute Gasteiger partial charge is 0.340 e. The number of rotatable bonds is 16. The van der Waals surface area contributed by atoms with Crippen LogP contribution in [0.4, 0.5) is 0 Å². The van der Waals surface area contributed by atoms with E-state index < -0.39 is 10.8 Å². The first-order valence-electron chi connectivity index (χ1n) is 51.3. The Bertz CT molecular complexity index is 8900. The smallest absolute Gasteiger partial charge is 0.0714 e.